The molecule has 6 aliphatic rings. The summed E-state index contributed by atoms with van der Waals surface area (Å²) in [4.78, 5) is 0. The SMILES string of the molecule is C=CCB(C[C@H]1[C@@H]2CC[C@H]3[C@@H]2C(C)(C)CCC[C@@]13C)C[C@H]1[C@@H]2CC[C@H]3[C@@H]2C(C)(C)CCC[C@@]13C. The van der Waals surface area contributed by atoms with Crippen LogP contribution in [0.2, 0.25) is 19.0 Å². The van der Waals surface area contributed by atoms with Crippen molar-refractivity contribution in [2.75, 3.05) is 0 Å². The maximum atomic E-state index is 4.29. The number of hydrogen-bond donors (Lipinski definition) is 0. The molecule has 8 bridgehead atoms. The maximum Gasteiger partial charge on any atom is 0.144 e. The molecule has 0 heterocycles. The molecule has 0 aromatic rings. The summed E-state index contributed by atoms with van der Waals surface area (Å²) in [6, 6.07) is 0. The van der Waals surface area contributed by atoms with E-state index in [0.717, 1.165) is 54.1 Å². The molecule has 0 aromatic carbocycles. The van der Waals surface area contributed by atoms with Crippen LogP contribution in [0.5, 0.6) is 0 Å². The van der Waals surface area contributed by atoms with E-state index >= 15 is 0 Å². The highest BCUT2D eigenvalue weighted by atomic mass is 14.7. The third-order valence-electron chi connectivity index (χ3n) is 14.4. The molecule has 10 atom stereocenters. The van der Waals surface area contributed by atoms with Crippen molar-refractivity contribution in [1.29, 1.82) is 0 Å². The van der Waals surface area contributed by atoms with Gasteiger partial charge in [0.25, 0.3) is 0 Å². The molecule has 1 heteroatoms. The van der Waals surface area contributed by atoms with Crippen molar-refractivity contribution in [2.45, 2.75) is 125 Å². The van der Waals surface area contributed by atoms with E-state index in [2.05, 4.69) is 54.2 Å². The first-order valence-electron chi connectivity index (χ1n) is 15.6. The van der Waals surface area contributed by atoms with Gasteiger partial charge in [0.05, 0.1) is 0 Å². The summed E-state index contributed by atoms with van der Waals surface area (Å²) in [5.41, 5.74) is 2.42. The van der Waals surface area contributed by atoms with Crippen molar-refractivity contribution in [1.82, 2.24) is 0 Å². The summed E-state index contributed by atoms with van der Waals surface area (Å²) in [5, 5.41) is 0. The normalized spacial score (nSPS) is 51.8. The van der Waals surface area contributed by atoms with Crippen LogP contribution in [0.4, 0.5) is 0 Å². The average Bonchev–Trinajstić information content (AvgIpc) is 3.45. The molecule has 34 heavy (non-hydrogen) atoms. The molecule has 0 N–H and O–H groups in total. The fraction of sp³-hybridized carbons (Fsp3) is 0.939. The average molecular weight is 463 g/mol. The van der Waals surface area contributed by atoms with Gasteiger partial charge in [-0.1, -0.05) is 79.4 Å². The fourth-order valence-electron chi connectivity index (χ4n) is 13.3. The second-order valence-corrected chi connectivity index (χ2v) is 16.5. The molecule has 190 valence electrons. The van der Waals surface area contributed by atoms with Crippen LogP contribution >= 0.6 is 0 Å². The summed E-state index contributed by atoms with van der Waals surface area (Å²) in [5.74, 6) is 8.09. The molecule has 6 aliphatic carbocycles. The molecule has 6 rings (SSSR count). The van der Waals surface area contributed by atoms with Crippen LogP contribution in [0.25, 0.3) is 0 Å². The Morgan fingerprint density at radius 2 is 1.12 bits per heavy atom. The van der Waals surface area contributed by atoms with Crippen LogP contribution < -0.4 is 0 Å². The van der Waals surface area contributed by atoms with E-state index in [1.54, 1.807) is 25.7 Å². The Morgan fingerprint density at radius 3 is 1.53 bits per heavy atom. The van der Waals surface area contributed by atoms with Gasteiger partial charge in [0, 0.05) is 0 Å². The van der Waals surface area contributed by atoms with Gasteiger partial charge >= 0.3 is 0 Å². The minimum Gasteiger partial charge on any atom is -0.104 e. The van der Waals surface area contributed by atoms with E-state index in [1.807, 2.05) is 0 Å². The lowest BCUT2D eigenvalue weighted by atomic mass is 9.35. The molecular weight excluding hydrogens is 407 g/mol. The lowest BCUT2D eigenvalue weighted by Crippen LogP contribution is -2.39. The molecule has 0 nitrogen and oxygen atoms in total. The van der Waals surface area contributed by atoms with Crippen molar-refractivity contribution in [3.05, 3.63) is 12.7 Å². The number of hydrogen-bond acceptors (Lipinski definition) is 0. The van der Waals surface area contributed by atoms with E-state index in [4.69, 9.17) is 0 Å². The van der Waals surface area contributed by atoms with Crippen molar-refractivity contribution in [3.8, 4) is 0 Å². The largest absolute Gasteiger partial charge is 0.144 e. The minimum atomic E-state index is 0.575. The van der Waals surface area contributed by atoms with Crippen molar-refractivity contribution in [2.24, 2.45) is 69.0 Å². The Morgan fingerprint density at radius 1 is 0.676 bits per heavy atom. The number of rotatable bonds is 6. The Bertz CT molecular complexity index is 747. The van der Waals surface area contributed by atoms with E-state index in [9.17, 15) is 0 Å². The minimum absolute atomic E-state index is 0.575. The molecule has 0 saturated heterocycles. The van der Waals surface area contributed by atoms with Gasteiger partial charge in [-0.3, -0.25) is 0 Å². The summed E-state index contributed by atoms with van der Waals surface area (Å²) in [6.07, 6.45) is 21.7. The van der Waals surface area contributed by atoms with E-state index in [-0.39, 0.29) is 0 Å². The number of allylic oxidation sites excluding steroid dienone is 1. The first-order valence-corrected chi connectivity index (χ1v) is 15.6. The standard InChI is InChI=1S/C33H55B/c1-8-19-34(20-26-22-11-13-24-28(22)30(2,3)15-9-17-32(24,26)6)21-27-23-12-14-25-29(23)31(4,5)16-10-18-33(25,27)7/h8,22-29H,1,9-21H2,2-7H3/t22-,23-,24-,25-,26-,27-,28+,29+,32+,33+/m0/s1. The van der Waals surface area contributed by atoms with Gasteiger partial charge < -0.3 is 0 Å². The van der Waals surface area contributed by atoms with Gasteiger partial charge in [0.15, 0.2) is 0 Å². The lowest BCUT2D eigenvalue weighted by molar-refractivity contribution is 0.0928. The summed E-state index contributed by atoms with van der Waals surface area (Å²) < 4.78 is 0. The summed E-state index contributed by atoms with van der Waals surface area (Å²) >= 11 is 0. The third-order valence-corrected chi connectivity index (χ3v) is 14.4. The van der Waals surface area contributed by atoms with Gasteiger partial charge in [0.1, 0.15) is 6.71 Å². The molecule has 0 unspecified atom stereocenters. The third kappa shape index (κ3) is 3.22. The van der Waals surface area contributed by atoms with Crippen molar-refractivity contribution >= 4 is 6.71 Å². The predicted octanol–water partition coefficient (Wildman–Crippen LogP) is 9.64. The Labute approximate surface area is 213 Å². The van der Waals surface area contributed by atoms with Gasteiger partial charge in [0.2, 0.25) is 0 Å². The Hall–Kier alpha value is -0.195. The highest BCUT2D eigenvalue weighted by molar-refractivity contribution is 6.59. The van der Waals surface area contributed by atoms with E-state index in [0.29, 0.717) is 21.7 Å². The Balaban J connectivity index is 1.26. The van der Waals surface area contributed by atoms with Crippen LogP contribution in [-0.4, -0.2) is 6.71 Å². The topological polar surface area (TPSA) is 0 Å². The zero-order chi connectivity index (χ0) is 24.1. The molecule has 6 saturated carbocycles. The molecule has 0 aliphatic heterocycles. The van der Waals surface area contributed by atoms with Gasteiger partial charge in [-0.25, -0.2) is 0 Å². The van der Waals surface area contributed by atoms with Crippen LogP contribution in [0.1, 0.15) is 106 Å². The molecule has 0 amide bonds. The summed E-state index contributed by atoms with van der Waals surface area (Å²) in [7, 11) is 0. The highest BCUT2D eigenvalue weighted by Crippen LogP contribution is 2.74. The molecule has 0 spiro atoms. The Kier molecular flexibility index (Phi) is 5.61. The smallest absolute Gasteiger partial charge is 0.104 e. The van der Waals surface area contributed by atoms with Crippen LogP contribution in [-0.2, 0) is 0 Å². The molecule has 0 radical (unpaired) electrons. The zero-order valence-corrected chi connectivity index (χ0v) is 23.7. The van der Waals surface area contributed by atoms with E-state index < -0.39 is 0 Å². The second kappa shape index (κ2) is 7.90. The molecule has 6 fully saturated rings. The van der Waals surface area contributed by atoms with E-state index in [1.165, 1.54) is 57.5 Å². The fourth-order valence-corrected chi connectivity index (χ4v) is 13.3. The van der Waals surface area contributed by atoms with Gasteiger partial charge in [-0.15, -0.1) is 6.58 Å². The highest BCUT2D eigenvalue weighted by Gasteiger charge is 2.66. The zero-order valence-electron chi connectivity index (χ0n) is 23.7. The van der Waals surface area contributed by atoms with Gasteiger partial charge in [-0.2, -0.15) is 0 Å². The van der Waals surface area contributed by atoms with Crippen molar-refractivity contribution < 1.29 is 0 Å². The van der Waals surface area contributed by atoms with Crippen LogP contribution in [0.15, 0.2) is 12.7 Å². The first kappa shape index (κ1) is 24.2. The van der Waals surface area contributed by atoms with Crippen molar-refractivity contribution in [3.63, 3.8) is 0 Å². The first-order chi connectivity index (χ1) is 16.0. The monoisotopic (exact) mass is 462 g/mol. The maximum absolute atomic E-state index is 4.29. The van der Waals surface area contributed by atoms with Crippen LogP contribution in [0.3, 0.4) is 0 Å². The molecule has 0 aromatic heterocycles. The predicted molar refractivity (Wildman–Crippen MR) is 148 cm³/mol. The van der Waals surface area contributed by atoms with Gasteiger partial charge in [-0.05, 0) is 120 Å². The summed E-state index contributed by atoms with van der Waals surface area (Å²) in [6.45, 7) is 21.3. The lowest BCUT2D eigenvalue weighted by Gasteiger charge is -2.45. The second-order valence-electron chi connectivity index (χ2n) is 16.5. The van der Waals surface area contributed by atoms with Crippen LogP contribution in [0, 0.1) is 69.0 Å². The quantitative estimate of drug-likeness (QED) is 0.272. The molecular formula is C33H55B.